The Bertz CT molecular complexity index is 329. The van der Waals surface area contributed by atoms with Gasteiger partial charge in [-0.05, 0) is 31.6 Å². The Morgan fingerprint density at radius 1 is 1.44 bits per heavy atom. The summed E-state index contributed by atoms with van der Waals surface area (Å²) in [7, 11) is 0. The van der Waals surface area contributed by atoms with Gasteiger partial charge in [-0.15, -0.1) is 10.2 Å². The van der Waals surface area contributed by atoms with Crippen LogP contribution in [0.4, 0.5) is 0 Å². The van der Waals surface area contributed by atoms with Gasteiger partial charge < -0.3 is 5.32 Å². The smallest absolute Gasteiger partial charge is 0.223 e. The first kappa shape index (κ1) is 11.0. The molecule has 2 rings (SSSR count). The van der Waals surface area contributed by atoms with Gasteiger partial charge in [-0.3, -0.25) is 4.79 Å². The minimum Gasteiger partial charge on any atom is -0.348 e. The lowest BCUT2D eigenvalue weighted by molar-refractivity contribution is -0.126. The highest BCUT2D eigenvalue weighted by molar-refractivity contribution is 5.78. The number of aromatic amines is 1. The molecule has 0 atom stereocenters. The van der Waals surface area contributed by atoms with E-state index in [1.54, 1.807) is 0 Å². The van der Waals surface area contributed by atoms with Gasteiger partial charge in [-0.25, -0.2) is 0 Å². The molecule has 1 aromatic rings. The van der Waals surface area contributed by atoms with Gasteiger partial charge in [0.1, 0.15) is 0 Å². The van der Waals surface area contributed by atoms with Crippen molar-refractivity contribution in [1.82, 2.24) is 25.9 Å². The molecular weight excluding hydrogens is 206 g/mol. The maximum atomic E-state index is 11.8. The average molecular weight is 223 g/mol. The zero-order valence-electron chi connectivity index (χ0n) is 9.44. The predicted octanol–water partition coefficient (Wildman–Crippen LogP) is 0.642. The molecule has 0 radical (unpaired) electrons. The molecule has 1 aliphatic carbocycles. The van der Waals surface area contributed by atoms with Crippen molar-refractivity contribution in [3.8, 4) is 0 Å². The van der Waals surface area contributed by atoms with E-state index in [9.17, 15) is 4.79 Å². The van der Waals surface area contributed by atoms with Crippen molar-refractivity contribution in [3.05, 3.63) is 5.82 Å². The monoisotopic (exact) mass is 223 g/mol. The van der Waals surface area contributed by atoms with Crippen molar-refractivity contribution in [1.29, 1.82) is 0 Å². The van der Waals surface area contributed by atoms with E-state index >= 15 is 0 Å². The van der Waals surface area contributed by atoms with Crippen LogP contribution in [0.5, 0.6) is 0 Å². The first-order chi connectivity index (χ1) is 7.75. The van der Waals surface area contributed by atoms with E-state index in [1.165, 1.54) is 0 Å². The number of carbonyl (C=O) groups is 1. The fourth-order valence-electron chi connectivity index (χ4n) is 2.09. The Morgan fingerprint density at radius 3 is 2.81 bits per heavy atom. The first-order valence-corrected chi connectivity index (χ1v) is 5.75. The van der Waals surface area contributed by atoms with E-state index in [0.717, 1.165) is 31.6 Å². The molecule has 0 saturated heterocycles. The lowest BCUT2D eigenvalue weighted by atomic mass is 9.82. The number of tetrazole rings is 1. The van der Waals surface area contributed by atoms with Gasteiger partial charge in [-0.2, -0.15) is 5.21 Å². The minimum atomic E-state index is 0.122. The molecule has 1 heterocycles. The topological polar surface area (TPSA) is 83.6 Å². The molecule has 1 amide bonds. The Hall–Kier alpha value is -1.46. The largest absolute Gasteiger partial charge is 0.348 e. The molecule has 0 bridgehead atoms. The number of aromatic nitrogens is 4. The molecule has 88 valence electrons. The SMILES string of the molecule is CC1CCC(C(=O)NCc2nn[nH]n2)CC1. The van der Waals surface area contributed by atoms with Gasteiger partial charge in [0.25, 0.3) is 0 Å². The van der Waals surface area contributed by atoms with Crippen molar-refractivity contribution in [2.24, 2.45) is 11.8 Å². The Labute approximate surface area is 94.2 Å². The number of nitrogens with one attached hydrogen (secondary N) is 2. The maximum absolute atomic E-state index is 11.8. The lowest BCUT2D eigenvalue weighted by Crippen LogP contribution is -2.32. The summed E-state index contributed by atoms with van der Waals surface area (Å²) in [6.45, 7) is 2.61. The summed E-state index contributed by atoms with van der Waals surface area (Å²) in [5.41, 5.74) is 0. The molecule has 2 N–H and O–H groups in total. The van der Waals surface area contributed by atoms with Gasteiger partial charge in [0.05, 0.1) is 6.54 Å². The third-order valence-corrected chi connectivity index (χ3v) is 3.20. The summed E-state index contributed by atoms with van der Waals surface area (Å²) < 4.78 is 0. The Balaban J connectivity index is 1.75. The molecule has 6 heteroatoms. The molecular formula is C10H17N5O. The number of rotatable bonds is 3. The van der Waals surface area contributed by atoms with Crippen LogP contribution in [0, 0.1) is 11.8 Å². The van der Waals surface area contributed by atoms with Gasteiger partial charge in [0, 0.05) is 5.92 Å². The molecule has 0 spiro atoms. The molecule has 1 fully saturated rings. The molecule has 16 heavy (non-hydrogen) atoms. The van der Waals surface area contributed by atoms with Gasteiger partial charge in [0.15, 0.2) is 5.82 Å². The summed E-state index contributed by atoms with van der Waals surface area (Å²) in [5, 5.41) is 16.2. The zero-order valence-corrected chi connectivity index (χ0v) is 9.44. The van der Waals surface area contributed by atoms with Crippen LogP contribution in [-0.4, -0.2) is 26.5 Å². The lowest BCUT2D eigenvalue weighted by Gasteiger charge is -2.24. The van der Waals surface area contributed by atoms with Crippen LogP contribution in [0.15, 0.2) is 0 Å². The number of nitrogens with zero attached hydrogens (tertiary/aromatic N) is 3. The second kappa shape index (κ2) is 5.05. The van der Waals surface area contributed by atoms with Gasteiger partial charge in [-0.1, -0.05) is 12.1 Å². The molecule has 0 aromatic carbocycles. The van der Waals surface area contributed by atoms with E-state index < -0.39 is 0 Å². The number of hydrogen-bond donors (Lipinski definition) is 2. The molecule has 1 aliphatic rings. The van der Waals surface area contributed by atoms with Crippen LogP contribution in [0.25, 0.3) is 0 Å². The maximum Gasteiger partial charge on any atom is 0.223 e. The van der Waals surface area contributed by atoms with Crippen LogP contribution < -0.4 is 5.32 Å². The standard InChI is InChI=1S/C10H17N5O/c1-7-2-4-8(5-3-7)10(16)11-6-9-12-14-15-13-9/h7-8H,2-6H2,1H3,(H,11,16)(H,12,13,14,15). The van der Waals surface area contributed by atoms with E-state index in [-0.39, 0.29) is 11.8 Å². The molecule has 6 nitrogen and oxygen atoms in total. The number of H-pyrrole nitrogens is 1. The van der Waals surface area contributed by atoms with Gasteiger partial charge in [0.2, 0.25) is 5.91 Å². The van der Waals surface area contributed by atoms with Crippen molar-refractivity contribution >= 4 is 5.91 Å². The number of hydrogen-bond acceptors (Lipinski definition) is 4. The van der Waals surface area contributed by atoms with Crippen LogP contribution in [0.1, 0.15) is 38.4 Å². The quantitative estimate of drug-likeness (QED) is 0.787. The van der Waals surface area contributed by atoms with Crippen molar-refractivity contribution in [2.75, 3.05) is 0 Å². The van der Waals surface area contributed by atoms with E-state index in [1.807, 2.05) is 0 Å². The summed E-state index contributed by atoms with van der Waals surface area (Å²) >= 11 is 0. The van der Waals surface area contributed by atoms with Crippen LogP contribution in [0.2, 0.25) is 0 Å². The molecule has 1 aromatic heterocycles. The second-order valence-electron chi connectivity index (χ2n) is 4.50. The van der Waals surface area contributed by atoms with Crippen LogP contribution in [0.3, 0.4) is 0 Å². The van der Waals surface area contributed by atoms with E-state index in [4.69, 9.17) is 0 Å². The fourth-order valence-corrected chi connectivity index (χ4v) is 2.09. The number of amides is 1. The Morgan fingerprint density at radius 2 is 2.19 bits per heavy atom. The van der Waals surface area contributed by atoms with Crippen molar-refractivity contribution < 1.29 is 4.79 Å². The summed E-state index contributed by atoms with van der Waals surface area (Å²) in [5.74, 6) is 1.58. The predicted molar refractivity (Wildman–Crippen MR) is 57.1 cm³/mol. The highest BCUT2D eigenvalue weighted by atomic mass is 16.1. The first-order valence-electron chi connectivity index (χ1n) is 5.75. The number of carbonyl (C=O) groups excluding carboxylic acids is 1. The van der Waals surface area contributed by atoms with Crippen LogP contribution >= 0.6 is 0 Å². The minimum absolute atomic E-state index is 0.122. The highest BCUT2D eigenvalue weighted by Gasteiger charge is 2.24. The zero-order chi connectivity index (χ0) is 11.4. The van der Waals surface area contributed by atoms with Crippen molar-refractivity contribution in [3.63, 3.8) is 0 Å². The highest BCUT2D eigenvalue weighted by Crippen LogP contribution is 2.28. The van der Waals surface area contributed by atoms with E-state index in [2.05, 4.69) is 32.9 Å². The average Bonchev–Trinajstić information content (AvgIpc) is 2.80. The third kappa shape index (κ3) is 2.77. The summed E-state index contributed by atoms with van der Waals surface area (Å²) in [6, 6.07) is 0. The van der Waals surface area contributed by atoms with E-state index in [0.29, 0.717) is 12.4 Å². The summed E-state index contributed by atoms with van der Waals surface area (Å²) in [4.78, 5) is 11.8. The normalized spacial score (nSPS) is 25.3. The Kier molecular flexibility index (Phi) is 3.48. The molecule has 1 saturated carbocycles. The fraction of sp³-hybridized carbons (Fsp3) is 0.800. The van der Waals surface area contributed by atoms with Gasteiger partial charge >= 0.3 is 0 Å². The third-order valence-electron chi connectivity index (χ3n) is 3.20. The summed E-state index contributed by atoms with van der Waals surface area (Å²) in [6.07, 6.45) is 4.30. The second-order valence-corrected chi connectivity index (χ2v) is 4.50. The molecule has 0 unspecified atom stereocenters. The van der Waals surface area contributed by atoms with Crippen LogP contribution in [-0.2, 0) is 11.3 Å². The molecule has 0 aliphatic heterocycles. The van der Waals surface area contributed by atoms with Crippen molar-refractivity contribution in [2.45, 2.75) is 39.2 Å².